The molecule has 3 N–H and O–H groups in total. The van der Waals surface area contributed by atoms with Crippen LogP contribution in [-0.4, -0.2) is 36.0 Å². The summed E-state index contributed by atoms with van der Waals surface area (Å²) in [6.45, 7) is 5.47. The Kier molecular flexibility index (Phi) is 7.72. The maximum atomic E-state index is 9.11. The lowest BCUT2D eigenvalue weighted by molar-refractivity contribution is 0.201. The Morgan fingerprint density at radius 2 is 1.84 bits per heavy atom. The topological polar surface area (TPSA) is 52.5 Å². The van der Waals surface area contributed by atoms with Crippen LogP contribution in [0.25, 0.3) is 0 Å². The Hall–Kier alpha value is -0.900. The summed E-state index contributed by atoms with van der Waals surface area (Å²) in [5, 5.41) is 21.2. The molecule has 0 amide bonds. The highest BCUT2D eigenvalue weighted by molar-refractivity contribution is 5.25. The summed E-state index contributed by atoms with van der Waals surface area (Å²) in [5.74, 6) is 0.621. The minimum absolute atomic E-state index is 0.00406. The van der Waals surface area contributed by atoms with Crippen LogP contribution >= 0.6 is 0 Å². The van der Waals surface area contributed by atoms with Crippen LogP contribution in [0.4, 0.5) is 0 Å². The van der Waals surface area contributed by atoms with E-state index in [0.29, 0.717) is 12.3 Å². The number of hydrogen-bond acceptors (Lipinski definition) is 3. The highest BCUT2D eigenvalue weighted by Gasteiger charge is 2.06. The van der Waals surface area contributed by atoms with Gasteiger partial charge in [0, 0.05) is 12.6 Å². The molecular formula is C16H27NO2. The van der Waals surface area contributed by atoms with E-state index in [4.69, 9.17) is 10.2 Å². The molecule has 0 bridgehead atoms. The number of hydrogen-bond donors (Lipinski definition) is 3. The highest BCUT2D eigenvalue weighted by atomic mass is 16.3. The van der Waals surface area contributed by atoms with Gasteiger partial charge in [-0.15, -0.1) is 0 Å². The fourth-order valence-corrected chi connectivity index (χ4v) is 2.08. The predicted molar refractivity (Wildman–Crippen MR) is 79.4 cm³/mol. The summed E-state index contributed by atoms with van der Waals surface area (Å²) in [6.07, 6.45) is 2.71. The summed E-state index contributed by atoms with van der Waals surface area (Å²) >= 11 is 0. The van der Waals surface area contributed by atoms with Crippen molar-refractivity contribution < 1.29 is 10.2 Å². The molecule has 1 aromatic carbocycles. The first kappa shape index (κ1) is 16.2. The van der Waals surface area contributed by atoms with Gasteiger partial charge in [-0.25, -0.2) is 0 Å². The van der Waals surface area contributed by atoms with Gasteiger partial charge in [0.2, 0.25) is 0 Å². The molecule has 2 atom stereocenters. The Bertz CT molecular complexity index is 337. The molecule has 0 saturated carbocycles. The van der Waals surface area contributed by atoms with Gasteiger partial charge >= 0.3 is 0 Å². The van der Waals surface area contributed by atoms with Gasteiger partial charge < -0.3 is 15.5 Å². The van der Waals surface area contributed by atoms with Crippen molar-refractivity contribution in [3.63, 3.8) is 0 Å². The Labute approximate surface area is 116 Å². The van der Waals surface area contributed by atoms with E-state index in [1.165, 1.54) is 17.5 Å². The molecule has 2 unspecified atom stereocenters. The molecule has 0 aliphatic rings. The van der Waals surface area contributed by atoms with E-state index >= 15 is 0 Å². The van der Waals surface area contributed by atoms with Crippen LogP contribution < -0.4 is 5.32 Å². The molecule has 0 saturated heterocycles. The van der Waals surface area contributed by atoms with Crippen LogP contribution in [0.5, 0.6) is 0 Å². The van der Waals surface area contributed by atoms with E-state index in [1.54, 1.807) is 0 Å². The lowest BCUT2D eigenvalue weighted by Gasteiger charge is -2.15. The number of aliphatic hydroxyl groups is 2. The maximum absolute atomic E-state index is 9.11. The van der Waals surface area contributed by atoms with Gasteiger partial charge in [-0.3, -0.25) is 0 Å². The molecule has 0 aliphatic heterocycles. The summed E-state index contributed by atoms with van der Waals surface area (Å²) in [6, 6.07) is 8.79. The molecule has 0 aromatic heterocycles. The largest absolute Gasteiger partial charge is 0.396 e. The number of aliphatic hydroxyl groups excluding tert-OH is 2. The smallest absolute Gasteiger partial charge is 0.0585 e. The van der Waals surface area contributed by atoms with Gasteiger partial charge in [0.05, 0.1) is 6.61 Å². The second-order valence-corrected chi connectivity index (χ2v) is 5.15. The first-order valence-electron chi connectivity index (χ1n) is 7.25. The highest BCUT2D eigenvalue weighted by Crippen LogP contribution is 2.18. The van der Waals surface area contributed by atoms with E-state index in [2.05, 4.69) is 43.4 Å². The van der Waals surface area contributed by atoms with Crippen molar-refractivity contribution in [2.45, 2.75) is 45.1 Å². The average molecular weight is 265 g/mol. The van der Waals surface area contributed by atoms with E-state index < -0.39 is 0 Å². The first-order valence-corrected chi connectivity index (χ1v) is 7.25. The fourth-order valence-electron chi connectivity index (χ4n) is 2.08. The molecule has 1 aromatic rings. The second-order valence-electron chi connectivity index (χ2n) is 5.15. The summed E-state index contributed by atoms with van der Waals surface area (Å²) in [7, 11) is 0. The van der Waals surface area contributed by atoms with Crippen molar-refractivity contribution in [3.8, 4) is 0 Å². The zero-order chi connectivity index (χ0) is 14.1. The molecule has 0 radical (unpaired) electrons. The van der Waals surface area contributed by atoms with Gasteiger partial charge in [0.25, 0.3) is 0 Å². The van der Waals surface area contributed by atoms with Gasteiger partial charge in [0.15, 0.2) is 0 Å². The van der Waals surface area contributed by atoms with Crippen LogP contribution in [0, 0.1) is 0 Å². The molecule has 3 heteroatoms. The van der Waals surface area contributed by atoms with Crippen molar-refractivity contribution in [3.05, 3.63) is 35.4 Å². The summed E-state index contributed by atoms with van der Waals surface area (Å²) in [5.41, 5.74) is 2.70. The number of rotatable bonds is 9. The molecule has 3 nitrogen and oxygen atoms in total. The van der Waals surface area contributed by atoms with Crippen molar-refractivity contribution in [1.82, 2.24) is 5.32 Å². The summed E-state index contributed by atoms with van der Waals surface area (Å²) in [4.78, 5) is 0. The van der Waals surface area contributed by atoms with Crippen molar-refractivity contribution >= 4 is 0 Å². The maximum Gasteiger partial charge on any atom is 0.0585 e. The van der Waals surface area contributed by atoms with E-state index in [-0.39, 0.29) is 19.3 Å². The molecule has 19 heavy (non-hydrogen) atoms. The van der Waals surface area contributed by atoms with Crippen molar-refractivity contribution in [1.29, 1.82) is 0 Å². The second kappa shape index (κ2) is 9.08. The molecule has 1 rings (SSSR count). The molecular weight excluding hydrogens is 238 g/mol. The van der Waals surface area contributed by atoms with Crippen LogP contribution in [0.2, 0.25) is 0 Å². The SMILES string of the molecule is CCC(C)c1ccc(CCNC(CO)CCO)cc1. The molecule has 0 spiro atoms. The van der Waals surface area contributed by atoms with Crippen LogP contribution in [0.1, 0.15) is 43.7 Å². The van der Waals surface area contributed by atoms with Crippen LogP contribution in [0.15, 0.2) is 24.3 Å². The minimum Gasteiger partial charge on any atom is -0.396 e. The van der Waals surface area contributed by atoms with Gasteiger partial charge in [-0.05, 0) is 42.9 Å². The third-order valence-corrected chi connectivity index (χ3v) is 3.71. The third kappa shape index (κ3) is 5.72. The number of nitrogens with one attached hydrogen (secondary N) is 1. The van der Waals surface area contributed by atoms with E-state index in [9.17, 15) is 0 Å². The quantitative estimate of drug-likeness (QED) is 0.641. The van der Waals surface area contributed by atoms with Gasteiger partial charge in [-0.1, -0.05) is 38.1 Å². The number of benzene rings is 1. The molecule has 0 aliphatic carbocycles. The predicted octanol–water partition coefficient (Wildman–Crippen LogP) is 2.08. The summed E-state index contributed by atoms with van der Waals surface area (Å²) < 4.78 is 0. The van der Waals surface area contributed by atoms with Gasteiger partial charge in [-0.2, -0.15) is 0 Å². The normalized spacial score (nSPS) is 14.3. The molecule has 0 heterocycles. The first-order chi connectivity index (χ1) is 9.21. The van der Waals surface area contributed by atoms with Crippen molar-refractivity contribution in [2.75, 3.05) is 19.8 Å². The zero-order valence-corrected chi connectivity index (χ0v) is 12.1. The lowest BCUT2D eigenvalue weighted by atomic mass is 9.97. The molecule has 108 valence electrons. The van der Waals surface area contributed by atoms with E-state index in [1.807, 2.05) is 0 Å². The minimum atomic E-state index is 0.00406. The Morgan fingerprint density at radius 1 is 1.16 bits per heavy atom. The Balaban J connectivity index is 2.37. The zero-order valence-electron chi connectivity index (χ0n) is 12.1. The van der Waals surface area contributed by atoms with E-state index in [0.717, 1.165) is 13.0 Å². The van der Waals surface area contributed by atoms with Crippen LogP contribution in [-0.2, 0) is 6.42 Å². The standard InChI is InChI=1S/C16H27NO2/c1-3-13(2)15-6-4-14(5-7-15)8-10-17-16(12-19)9-11-18/h4-7,13,16-19H,3,8-12H2,1-2H3. The monoisotopic (exact) mass is 265 g/mol. The third-order valence-electron chi connectivity index (χ3n) is 3.71. The van der Waals surface area contributed by atoms with Gasteiger partial charge in [0.1, 0.15) is 0 Å². The molecule has 0 fully saturated rings. The fraction of sp³-hybridized carbons (Fsp3) is 0.625. The lowest BCUT2D eigenvalue weighted by Crippen LogP contribution is -2.34. The Morgan fingerprint density at radius 3 is 2.37 bits per heavy atom. The van der Waals surface area contributed by atoms with Crippen LogP contribution in [0.3, 0.4) is 0 Å². The average Bonchev–Trinajstić information content (AvgIpc) is 2.46. The van der Waals surface area contributed by atoms with Crippen molar-refractivity contribution in [2.24, 2.45) is 0 Å².